The van der Waals surface area contributed by atoms with Crippen LogP contribution in [0.3, 0.4) is 0 Å². The molecule has 1 fully saturated rings. The van der Waals surface area contributed by atoms with Gasteiger partial charge in [-0.25, -0.2) is 9.97 Å². The highest BCUT2D eigenvalue weighted by Gasteiger charge is 2.15. The van der Waals surface area contributed by atoms with E-state index >= 15 is 0 Å². The number of morpholine rings is 1. The van der Waals surface area contributed by atoms with E-state index in [-0.39, 0.29) is 0 Å². The molecule has 5 heteroatoms. The summed E-state index contributed by atoms with van der Waals surface area (Å²) in [6, 6.07) is 8.54. The van der Waals surface area contributed by atoms with E-state index < -0.39 is 0 Å². The number of ether oxygens (including phenoxy) is 1. The van der Waals surface area contributed by atoms with Gasteiger partial charge in [0, 0.05) is 24.8 Å². The lowest BCUT2D eigenvalue weighted by Crippen LogP contribution is -2.36. The number of aryl methyl sites for hydroxylation is 3. The van der Waals surface area contributed by atoms with Crippen molar-refractivity contribution in [2.75, 3.05) is 36.5 Å². The lowest BCUT2D eigenvalue weighted by molar-refractivity contribution is 0.122. The third kappa shape index (κ3) is 3.67. The normalized spacial score (nSPS) is 14.7. The fourth-order valence-corrected chi connectivity index (χ4v) is 3.10. The Labute approximate surface area is 144 Å². The van der Waals surface area contributed by atoms with Crippen molar-refractivity contribution < 1.29 is 4.74 Å². The quantitative estimate of drug-likeness (QED) is 0.911. The molecule has 0 atom stereocenters. The predicted octanol–water partition coefficient (Wildman–Crippen LogP) is 3.49. The first-order chi connectivity index (χ1) is 11.7. The fourth-order valence-electron chi connectivity index (χ4n) is 3.10. The van der Waals surface area contributed by atoms with Crippen molar-refractivity contribution in [3.8, 4) is 0 Å². The van der Waals surface area contributed by atoms with Gasteiger partial charge >= 0.3 is 0 Å². The minimum absolute atomic E-state index is 0.754. The van der Waals surface area contributed by atoms with Gasteiger partial charge in [-0.05, 0) is 30.9 Å². The van der Waals surface area contributed by atoms with Crippen molar-refractivity contribution in [3.05, 3.63) is 41.2 Å². The standard InChI is InChI=1S/C19H26N4O/c1-4-15-7-6-8-16(5-2)19(15)22-17-13-18(21-14(3)20-17)23-9-11-24-12-10-23/h6-8,13H,4-5,9-12H2,1-3H3,(H,20,21,22). The van der Waals surface area contributed by atoms with E-state index in [0.717, 1.165) is 56.6 Å². The summed E-state index contributed by atoms with van der Waals surface area (Å²) in [5, 5.41) is 3.55. The van der Waals surface area contributed by atoms with Gasteiger partial charge in [0.15, 0.2) is 0 Å². The molecule has 0 amide bonds. The Bertz CT molecular complexity index is 674. The van der Waals surface area contributed by atoms with E-state index in [4.69, 9.17) is 4.74 Å². The number of anilines is 3. The molecule has 0 bridgehead atoms. The molecule has 1 aliphatic heterocycles. The van der Waals surface area contributed by atoms with E-state index in [9.17, 15) is 0 Å². The molecule has 2 heterocycles. The Morgan fingerprint density at radius 1 is 1.08 bits per heavy atom. The highest BCUT2D eigenvalue weighted by molar-refractivity contribution is 5.66. The van der Waals surface area contributed by atoms with Crippen molar-refractivity contribution in [2.24, 2.45) is 0 Å². The van der Waals surface area contributed by atoms with Crippen LogP contribution in [0.2, 0.25) is 0 Å². The molecule has 1 aromatic carbocycles. The van der Waals surface area contributed by atoms with Crippen LogP contribution < -0.4 is 10.2 Å². The first kappa shape index (κ1) is 16.7. The molecule has 128 valence electrons. The van der Waals surface area contributed by atoms with Crippen LogP contribution >= 0.6 is 0 Å². The molecule has 2 aromatic rings. The molecule has 1 saturated heterocycles. The smallest absolute Gasteiger partial charge is 0.136 e. The van der Waals surface area contributed by atoms with Gasteiger partial charge in [0.25, 0.3) is 0 Å². The molecule has 24 heavy (non-hydrogen) atoms. The molecular formula is C19H26N4O. The number of nitrogens with one attached hydrogen (secondary N) is 1. The van der Waals surface area contributed by atoms with Gasteiger partial charge in [0.2, 0.25) is 0 Å². The second-order valence-corrected chi connectivity index (χ2v) is 6.04. The lowest BCUT2D eigenvalue weighted by Gasteiger charge is -2.28. The molecule has 1 aliphatic rings. The average molecular weight is 326 g/mol. The maximum absolute atomic E-state index is 5.44. The minimum Gasteiger partial charge on any atom is -0.378 e. The average Bonchev–Trinajstić information content (AvgIpc) is 2.62. The van der Waals surface area contributed by atoms with Gasteiger partial charge < -0.3 is 15.0 Å². The lowest BCUT2D eigenvalue weighted by atomic mass is 10.0. The molecule has 0 saturated carbocycles. The SMILES string of the molecule is CCc1cccc(CC)c1Nc1cc(N2CCOCC2)nc(C)n1. The van der Waals surface area contributed by atoms with Crippen molar-refractivity contribution in [1.29, 1.82) is 0 Å². The third-order valence-electron chi connectivity index (χ3n) is 4.41. The summed E-state index contributed by atoms with van der Waals surface area (Å²) in [6.45, 7) is 9.58. The van der Waals surface area contributed by atoms with Crippen LogP contribution in [0.15, 0.2) is 24.3 Å². The molecule has 5 nitrogen and oxygen atoms in total. The van der Waals surface area contributed by atoms with Gasteiger partial charge in [-0.1, -0.05) is 32.0 Å². The number of nitrogens with zero attached hydrogens (tertiary/aromatic N) is 3. The molecule has 1 aromatic heterocycles. The number of para-hydroxylation sites is 1. The molecule has 3 rings (SSSR count). The molecular weight excluding hydrogens is 300 g/mol. The number of benzene rings is 1. The molecule has 0 radical (unpaired) electrons. The molecule has 0 spiro atoms. The molecule has 0 unspecified atom stereocenters. The van der Waals surface area contributed by atoms with Gasteiger partial charge in [-0.15, -0.1) is 0 Å². The topological polar surface area (TPSA) is 50.3 Å². The summed E-state index contributed by atoms with van der Waals surface area (Å²) in [4.78, 5) is 11.5. The predicted molar refractivity (Wildman–Crippen MR) is 98.3 cm³/mol. The summed E-state index contributed by atoms with van der Waals surface area (Å²) >= 11 is 0. The largest absolute Gasteiger partial charge is 0.378 e. The molecule has 0 aliphatic carbocycles. The monoisotopic (exact) mass is 326 g/mol. The van der Waals surface area contributed by atoms with Crippen LogP contribution in [0.25, 0.3) is 0 Å². The van der Waals surface area contributed by atoms with E-state index in [1.165, 1.54) is 16.8 Å². The molecule has 1 N–H and O–H groups in total. The Morgan fingerprint density at radius 3 is 2.38 bits per heavy atom. The Balaban J connectivity index is 1.92. The third-order valence-corrected chi connectivity index (χ3v) is 4.41. The first-order valence-electron chi connectivity index (χ1n) is 8.77. The van der Waals surface area contributed by atoms with Gasteiger partial charge in [0.05, 0.1) is 13.2 Å². The van der Waals surface area contributed by atoms with Gasteiger partial charge in [0.1, 0.15) is 17.5 Å². The van der Waals surface area contributed by atoms with Crippen molar-refractivity contribution >= 4 is 17.3 Å². The van der Waals surface area contributed by atoms with E-state index in [1.54, 1.807) is 0 Å². The van der Waals surface area contributed by atoms with Crippen LogP contribution in [-0.4, -0.2) is 36.3 Å². The highest BCUT2D eigenvalue weighted by Crippen LogP contribution is 2.27. The Kier molecular flexibility index (Phi) is 5.30. The number of aromatic nitrogens is 2. The summed E-state index contributed by atoms with van der Waals surface area (Å²) < 4.78 is 5.44. The summed E-state index contributed by atoms with van der Waals surface area (Å²) in [5.74, 6) is 2.62. The zero-order chi connectivity index (χ0) is 16.9. The second-order valence-electron chi connectivity index (χ2n) is 6.04. The minimum atomic E-state index is 0.754. The summed E-state index contributed by atoms with van der Waals surface area (Å²) in [7, 11) is 0. The number of rotatable bonds is 5. The maximum Gasteiger partial charge on any atom is 0.136 e. The Morgan fingerprint density at radius 2 is 1.75 bits per heavy atom. The van der Waals surface area contributed by atoms with Gasteiger partial charge in [-0.3, -0.25) is 0 Å². The van der Waals surface area contributed by atoms with Crippen molar-refractivity contribution in [3.63, 3.8) is 0 Å². The van der Waals surface area contributed by atoms with Crippen LogP contribution in [0.5, 0.6) is 0 Å². The van der Waals surface area contributed by atoms with Crippen LogP contribution in [0.1, 0.15) is 30.8 Å². The number of hydrogen-bond donors (Lipinski definition) is 1. The van der Waals surface area contributed by atoms with Crippen molar-refractivity contribution in [2.45, 2.75) is 33.6 Å². The van der Waals surface area contributed by atoms with E-state index in [1.807, 2.05) is 13.0 Å². The summed E-state index contributed by atoms with van der Waals surface area (Å²) in [5.41, 5.74) is 3.82. The zero-order valence-electron chi connectivity index (χ0n) is 14.8. The number of hydrogen-bond acceptors (Lipinski definition) is 5. The zero-order valence-corrected chi connectivity index (χ0v) is 14.8. The van der Waals surface area contributed by atoms with Crippen molar-refractivity contribution in [1.82, 2.24) is 9.97 Å². The Hall–Kier alpha value is -2.14. The summed E-state index contributed by atoms with van der Waals surface area (Å²) in [6.07, 6.45) is 1.99. The van der Waals surface area contributed by atoms with Crippen LogP contribution in [-0.2, 0) is 17.6 Å². The maximum atomic E-state index is 5.44. The van der Waals surface area contributed by atoms with E-state index in [2.05, 4.69) is 52.2 Å². The second kappa shape index (κ2) is 7.62. The fraction of sp³-hybridized carbons (Fsp3) is 0.474. The van der Waals surface area contributed by atoms with Gasteiger partial charge in [-0.2, -0.15) is 0 Å². The van der Waals surface area contributed by atoms with Crippen LogP contribution in [0, 0.1) is 6.92 Å². The highest BCUT2D eigenvalue weighted by atomic mass is 16.5. The van der Waals surface area contributed by atoms with E-state index in [0.29, 0.717) is 0 Å². The first-order valence-corrected chi connectivity index (χ1v) is 8.77. The van der Waals surface area contributed by atoms with Crippen LogP contribution in [0.4, 0.5) is 17.3 Å².